The van der Waals surface area contributed by atoms with Gasteiger partial charge < -0.3 is 19.3 Å². The van der Waals surface area contributed by atoms with E-state index in [9.17, 15) is 9.90 Å². The number of benzene rings is 1. The van der Waals surface area contributed by atoms with Crippen LogP contribution in [0.25, 0.3) is 0 Å². The van der Waals surface area contributed by atoms with E-state index in [4.69, 9.17) is 9.26 Å². The molecule has 1 aliphatic rings. The molecular formula is C18H22N2O4. The van der Waals surface area contributed by atoms with Gasteiger partial charge in [-0.05, 0) is 26.0 Å². The smallest absolute Gasteiger partial charge is 0.254 e. The van der Waals surface area contributed by atoms with Crippen molar-refractivity contribution in [2.45, 2.75) is 26.4 Å². The number of aromatic nitrogens is 1. The first-order chi connectivity index (χ1) is 11.5. The maximum absolute atomic E-state index is 12.8. The molecular weight excluding hydrogens is 308 g/mol. The number of aliphatic hydroxyl groups excluding tert-OH is 1. The maximum Gasteiger partial charge on any atom is 0.254 e. The monoisotopic (exact) mass is 330 g/mol. The van der Waals surface area contributed by atoms with Gasteiger partial charge in [0, 0.05) is 42.6 Å². The van der Waals surface area contributed by atoms with Crippen molar-refractivity contribution < 1.29 is 19.2 Å². The van der Waals surface area contributed by atoms with Crippen molar-refractivity contribution >= 4 is 5.91 Å². The van der Waals surface area contributed by atoms with Crippen molar-refractivity contribution in [1.29, 1.82) is 0 Å². The van der Waals surface area contributed by atoms with Gasteiger partial charge in [0.05, 0.1) is 18.9 Å². The van der Waals surface area contributed by atoms with Gasteiger partial charge in [0.15, 0.2) is 0 Å². The zero-order valence-electron chi connectivity index (χ0n) is 14.2. The molecule has 2 atom stereocenters. The van der Waals surface area contributed by atoms with E-state index >= 15 is 0 Å². The summed E-state index contributed by atoms with van der Waals surface area (Å²) < 4.78 is 10.5. The molecule has 0 bridgehead atoms. The Bertz CT molecular complexity index is 740. The third-order valence-electron chi connectivity index (χ3n) is 4.57. The van der Waals surface area contributed by atoms with Crippen LogP contribution >= 0.6 is 0 Å². The molecule has 1 saturated heterocycles. The molecule has 3 rings (SSSR count). The molecule has 0 unspecified atom stereocenters. The lowest BCUT2D eigenvalue weighted by Crippen LogP contribution is -2.30. The summed E-state index contributed by atoms with van der Waals surface area (Å²) in [5.41, 5.74) is 2.24. The lowest BCUT2D eigenvalue weighted by molar-refractivity contribution is 0.0763. The Kier molecular flexibility index (Phi) is 4.57. The van der Waals surface area contributed by atoms with E-state index in [1.54, 1.807) is 24.1 Å². The Morgan fingerprint density at radius 2 is 2.21 bits per heavy atom. The van der Waals surface area contributed by atoms with Gasteiger partial charge >= 0.3 is 0 Å². The Morgan fingerprint density at radius 3 is 2.88 bits per heavy atom. The number of likely N-dealkylation sites (tertiary alicyclic amines) is 1. The number of aryl methyl sites for hydroxylation is 1. The van der Waals surface area contributed by atoms with Crippen molar-refractivity contribution in [3.8, 4) is 5.75 Å². The molecule has 0 aliphatic carbocycles. The number of carbonyl (C=O) groups excluding carboxylic acids is 1. The Labute approximate surface area is 141 Å². The molecule has 1 amide bonds. The molecule has 6 nitrogen and oxygen atoms in total. The summed E-state index contributed by atoms with van der Waals surface area (Å²) in [6, 6.07) is 7.30. The summed E-state index contributed by atoms with van der Waals surface area (Å²) in [5.74, 6) is 1.30. The van der Waals surface area contributed by atoms with Gasteiger partial charge in [-0.15, -0.1) is 0 Å². The number of hydrogen-bond acceptors (Lipinski definition) is 5. The predicted molar refractivity (Wildman–Crippen MR) is 88.1 cm³/mol. The highest BCUT2D eigenvalue weighted by Gasteiger charge is 2.35. The van der Waals surface area contributed by atoms with Gasteiger partial charge in [0.1, 0.15) is 11.5 Å². The second-order valence-corrected chi connectivity index (χ2v) is 6.31. The summed E-state index contributed by atoms with van der Waals surface area (Å²) in [5, 5.41) is 14.2. The highest BCUT2D eigenvalue weighted by atomic mass is 16.5. The third-order valence-corrected chi connectivity index (χ3v) is 4.57. The first-order valence-electron chi connectivity index (χ1n) is 8.02. The lowest BCUT2D eigenvalue weighted by Gasteiger charge is -2.18. The second kappa shape index (κ2) is 6.65. The fourth-order valence-corrected chi connectivity index (χ4v) is 3.23. The van der Waals surface area contributed by atoms with Crippen molar-refractivity contribution in [1.82, 2.24) is 10.1 Å². The van der Waals surface area contributed by atoms with Gasteiger partial charge in [-0.1, -0.05) is 11.2 Å². The molecule has 128 valence electrons. The molecule has 0 saturated carbocycles. The van der Waals surface area contributed by atoms with Crippen LogP contribution in [-0.2, 0) is 6.42 Å². The van der Waals surface area contributed by atoms with Gasteiger partial charge in [-0.3, -0.25) is 4.79 Å². The fraction of sp³-hybridized carbons (Fsp3) is 0.444. The Morgan fingerprint density at radius 1 is 1.42 bits per heavy atom. The van der Waals surface area contributed by atoms with E-state index < -0.39 is 6.10 Å². The predicted octanol–water partition coefficient (Wildman–Crippen LogP) is 1.98. The van der Waals surface area contributed by atoms with E-state index in [1.807, 2.05) is 26.0 Å². The number of nitrogens with zero attached hydrogens (tertiary/aromatic N) is 2. The molecule has 1 aromatic carbocycles. The number of methoxy groups -OCH3 is 1. The average Bonchev–Trinajstić information content (AvgIpc) is 3.13. The summed E-state index contributed by atoms with van der Waals surface area (Å²) in [4.78, 5) is 14.5. The molecule has 24 heavy (non-hydrogen) atoms. The van der Waals surface area contributed by atoms with E-state index in [-0.39, 0.29) is 11.8 Å². The second-order valence-electron chi connectivity index (χ2n) is 6.31. The number of β-amino-alcohol motifs (C(OH)–C–C–N with tert-alkyl or cyclic N) is 1. The first-order valence-corrected chi connectivity index (χ1v) is 8.02. The maximum atomic E-state index is 12.8. The van der Waals surface area contributed by atoms with Crippen LogP contribution in [0.2, 0.25) is 0 Å². The minimum absolute atomic E-state index is 0.0489. The van der Waals surface area contributed by atoms with Crippen LogP contribution in [0.4, 0.5) is 0 Å². The molecule has 1 aliphatic heterocycles. The molecule has 6 heteroatoms. The average molecular weight is 330 g/mol. The van der Waals surface area contributed by atoms with Crippen molar-refractivity contribution in [2.24, 2.45) is 5.92 Å². The lowest BCUT2D eigenvalue weighted by atomic mass is 10.0. The van der Waals surface area contributed by atoms with Crippen molar-refractivity contribution in [3.63, 3.8) is 0 Å². The highest BCUT2D eigenvalue weighted by molar-refractivity contribution is 5.96. The van der Waals surface area contributed by atoms with Crippen molar-refractivity contribution in [3.05, 3.63) is 46.8 Å². The minimum Gasteiger partial charge on any atom is -0.496 e. The summed E-state index contributed by atoms with van der Waals surface area (Å²) in [7, 11) is 1.59. The SMILES string of the molecule is COc1cccc(C(=O)N2C[C@@H](Cc3cc(C)no3)[C@@H](O)C2)c1C. The molecule has 2 heterocycles. The third kappa shape index (κ3) is 3.14. The summed E-state index contributed by atoms with van der Waals surface area (Å²) >= 11 is 0. The van der Waals surface area contributed by atoms with Crippen LogP contribution in [0.3, 0.4) is 0 Å². The quantitative estimate of drug-likeness (QED) is 0.927. The zero-order valence-corrected chi connectivity index (χ0v) is 14.2. The molecule has 0 spiro atoms. The minimum atomic E-state index is -0.565. The fourth-order valence-electron chi connectivity index (χ4n) is 3.23. The number of hydrogen-bond donors (Lipinski definition) is 1. The van der Waals surface area contributed by atoms with E-state index in [0.29, 0.717) is 30.8 Å². The number of amides is 1. The Balaban J connectivity index is 1.73. The van der Waals surface area contributed by atoms with Crippen LogP contribution in [0, 0.1) is 19.8 Å². The largest absolute Gasteiger partial charge is 0.496 e. The molecule has 1 fully saturated rings. The number of carbonyl (C=O) groups is 1. The standard InChI is InChI=1S/C18H22N2O4/c1-11-7-14(24-19-11)8-13-9-20(10-16(13)21)18(22)15-5-4-6-17(23-3)12(15)2/h4-7,13,16,21H,8-10H2,1-3H3/t13-,16+/m1/s1. The van der Waals surface area contributed by atoms with Crippen LogP contribution in [0.5, 0.6) is 5.75 Å². The number of ether oxygens (including phenoxy) is 1. The Hall–Kier alpha value is -2.34. The van der Waals surface area contributed by atoms with Crippen LogP contribution in [0.1, 0.15) is 27.4 Å². The van der Waals surface area contributed by atoms with Gasteiger partial charge in [-0.2, -0.15) is 0 Å². The molecule has 1 N–H and O–H groups in total. The van der Waals surface area contributed by atoms with Crippen molar-refractivity contribution in [2.75, 3.05) is 20.2 Å². The molecule has 0 radical (unpaired) electrons. The van der Waals surface area contributed by atoms with Crippen LogP contribution in [-0.4, -0.2) is 47.4 Å². The van der Waals surface area contributed by atoms with E-state index in [2.05, 4.69) is 5.16 Å². The van der Waals surface area contributed by atoms with Crippen LogP contribution in [0.15, 0.2) is 28.8 Å². The first kappa shape index (κ1) is 16.5. The number of aliphatic hydroxyl groups is 1. The normalized spacial score (nSPS) is 20.4. The highest BCUT2D eigenvalue weighted by Crippen LogP contribution is 2.27. The summed E-state index contributed by atoms with van der Waals surface area (Å²) in [6.07, 6.45) is 0.00774. The zero-order chi connectivity index (χ0) is 17.3. The molecule has 1 aromatic heterocycles. The topological polar surface area (TPSA) is 75.8 Å². The molecule has 2 aromatic rings. The van der Waals surface area contributed by atoms with E-state index in [0.717, 1.165) is 17.0 Å². The summed E-state index contributed by atoms with van der Waals surface area (Å²) in [6.45, 7) is 4.55. The number of rotatable bonds is 4. The van der Waals surface area contributed by atoms with Gasteiger partial charge in [0.25, 0.3) is 5.91 Å². The van der Waals surface area contributed by atoms with Gasteiger partial charge in [0.2, 0.25) is 0 Å². The van der Waals surface area contributed by atoms with Crippen LogP contribution < -0.4 is 4.74 Å². The van der Waals surface area contributed by atoms with E-state index in [1.165, 1.54) is 0 Å². The van der Waals surface area contributed by atoms with Gasteiger partial charge in [-0.25, -0.2) is 0 Å².